The highest BCUT2D eigenvalue weighted by Crippen LogP contribution is 2.28. The summed E-state index contributed by atoms with van der Waals surface area (Å²) in [7, 11) is 0. The summed E-state index contributed by atoms with van der Waals surface area (Å²) in [5.41, 5.74) is 1.01. The van der Waals surface area contributed by atoms with E-state index in [1.807, 2.05) is 12.1 Å². The SMILES string of the molecule is N#Cc1ccc(CCC(=O)NC2(C#N)CCCC2)cc1. The largest absolute Gasteiger partial charge is 0.338 e. The molecule has 1 aromatic rings. The summed E-state index contributed by atoms with van der Waals surface area (Å²) in [6.45, 7) is 0. The van der Waals surface area contributed by atoms with Crippen LogP contribution >= 0.6 is 0 Å². The predicted octanol–water partition coefficient (Wildman–Crippen LogP) is 2.44. The highest BCUT2D eigenvalue weighted by Gasteiger charge is 2.35. The number of hydrogen-bond acceptors (Lipinski definition) is 3. The quantitative estimate of drug-likeness (QED) is 0.910. The zero-order chi connectivity index (χ0) is 14.4. The van der Waals surface area contributed by atoms with Gasteiger partial charge in [0.25, 0.3) is 0 Å². The normalized spacial score (nSPS) is 16.1. The lowest BCUT2D eigenvalue weighted by Gasteiger charge is -2.21. The van der Waals surface area contributed by atoms with Gasteiger partial charge in [-0.15, -0.1) is 0 Å². The Balaban J connectivity index is 1.86. The highest BCUT2D eigenvalue weighted by atomic mass is 16.1. The molecule has 0 atom stereocenters. The monoisotopic (exact) mass is 267 g/mol. The van der Waals surface area contributed by atoms with Gasteiger partial charge in [-0.2, -0.15) is 10.5 Å². The summed E-state index contributed by atoms with van der Waals surface area (Å²) in [6, 6.07) is 11.5. The third-order valence-corrected chi connectivity index (χ3v) is 3.77. The van der Waals surface area contributed by atoms with Crippen LogP contribution < -0.4 is 5.32 Å². The number of nitrogens with zero attached hydrogens (tertiary/aromatic N) is 2. The molecule has 1 aromatic carbocycles. The summed E-state index contributed by atoms with van der Waals surface area (Å²) in [5, 5.41) is 20.8. The van der Waals surface area contributed by atoms with Crippen molar-refractivity contribution < 1.29 is 4.79 Å². The molecule has 1 N–H and O–H groups in total. The third kappa shape index (κ3) is 3.36. The van der Waals surface area contributed by atoms with Gasteiger partial charge in [-0.3, -0.25) is 4.79 Å². The van der Waals surface area contributed by atoms with E-state index < -0.39 is 5.54 Å². The molecule has 0 aliphatic heterocycles. The third-order valence-electron chi connectivity index (χ3n) is 3.77. The molecular weight excluding hydrogens is 250 g/mol. The lowest BCUT2D eigenvalue weighted by atomic mass is 9.99. The van der Waals surface area contributed by atoms with Gasteiger partial charge in [-0.05, 0) is 49.8 Å². The molecule has 0 heterocycles. The van der Waals surface area contributed by atoms with Crippen molar-refractivity contribution in [2.24, 2.45) is 0 Å². The number of hydrogen-bond donors (Lipinski definition) is 1. The summed E-state index contributed by atoms with van der Waals surface area (Å²) < 4.78 is 0. The molecule has 1 aliphatic carbocycles. The predicted molar refractivity (Wildman–Crippen MR) is 74.4 cm³/mol. The van der Waals surface area contributed by atoms with E-state index in [-0.39, 0.29) is 5.91 Å². The van der Waals surface area contributed by atoms with Gasteiger partial charge in [0.15, 0.2) is 0 Å². The lowest BCUT2D eigenvalue weighted by molar-refractivity contribution is -0.122. The summed E-state index contributed by atoms with van der Waals surface area (Å²) in [6.07, 6.45) is 4.51. The van der Waals surface area contributed by atoms with Crippen molar-refractivity contribution in [3.05, 3.63) is 35.4 Å². The molecule has 0 spiro atoms. The van der Waals surface area contributed by atoms with Gasteiger partial charge in [0.1, 0.15) is 5.54 Å². The maximum atomic E-state index is 11.9. The summed E-state index contributed by atoms with van der Waals surface area (Å²) >= 11 is 0. The first kappa shape index (κ1) is 14.1. The average molecular weight is 267 g/mol. The number of nitrogens with one attached hydrogen (secondary N) is 1. The van der Waals surface area contributed by atoms with E-state index in [1.54, 1.807) is 12.1 Å². The second-order valence-electron chi connectivity index (χ2n) is 5.26. The van der Waals surface area contributed by atoms with Crippen molar-refractivity contribution >= 4 is 5.91 Å². The second kappa shape index (κ2) is 6.21. The smallest absolute Gasteiger partial charge is 0.221 e. The second-order valence-corrected chi connectivity index (χ2v) is 5.26. The summed E-state index contributed by atoms with van der Waals surface area (Å²) in [4.78, 5) is 11.9. The molecule has 1 amide bonds. The molecule has 0 radical (unpaired) electrons. The number of carbonyl (C=O) groups excluding carboxylic acids is 1. The minimum atomic E-state index is -0.637. The fourth-order valence-corrected chi connectivity index (χ4v) is 2.58. The van der Waals surface area contributed by atoms with Gasteiger partial charge >= 0.3 is 0 Å². The van der Waals surface area contributed by atoms with Crippen LogP contribution in [0.3, 0.4) is 0 Å². The molecule has 1 aliphatic rings. The number of nitriles is 2. The first-order valence-electron chi connectivity index (χ1n) is 6.89. The average Bonchev–Trinajstić information content (AvgIpc) is 2.95. The standard InChI is InChI=1S/C16H17N3O/c17-11-14-5-3-13(4-6-14)7-8-15(20)19-16(12-18)9-1-2-10-16/h3-6H,1-2,7-10H2,(H,19,20). The van der Waals surface area contributed by atoms with Crippen LogP contribution in [0.2, 0.25) is 0 Å². The Kier molecular flexibility index (Phi) is 4.38. The molecular formula is C16H17N3O. The summed E-state index contributed by atoms with van der Waals surface area (Å²) in [5.74, 6) is -0.0715. The van der Waals surface area contributed by atoms with Gasteiger partial charge < -0.3 is 5.32 Å². The van der Waals surface area contributed by atoms with Crippen LogP contribution in [0.4, 0.5) is 0 Å². The zero-order valence-corrected chi connectivity index (χ0v) is 11.4. The molecule has 0 bridgehead atoms. The van der Waals surface area contributed by atoms with Crippen LogP contribution in [0, 0.1) is 22.7 Å². The van der Waals surface area contributed by atoms with E-state index in [9.17, 15) is 10.1 Å². The number of carbonyl (C=O) groups is 1. The van der Waals surface area contributed by atoms with E-state index in [1.165, 1.54) is 0 Å². The van der Waals surface area contributed by atoms with Gasteiger partial charge in [0.2, 0.25) is 5.91 Å². The Labute approximate surface area is 119 Å². The first-order chi connectivity index (χ1) is 9.67. The fourth-order valence-electron chi connectivity index (χ4n) is 2.58. The van der Waals surface area contributed by atoms with Crippen molar-refractivity contribution in [1.82, 2.24) is 5.32 Å². The molecule has 20 heavy (non-hydrogen) atoms. The number of amides is 1. The van der Waals surface area contributed by atoms with Gasteiger partial charge in [-0.1, -0.05) is 12.1 Å². The maximum Gasteiger partial charge on any atom is 0.221 e. The van der Waals surface area contributed by atoms with Crippen molar-refractivity contribution in [2.75, 3.05) is 0 Å². The Hall–Kier alpha value is -2.33. The van der Waals surface area contributed by atoms with Crippen LogP contribution in [-0.2, 0) is 11.2 Å². The highest BCUT2D eigenvalue weighted by molar-refractivity contribution is 5.77. The van der Waals surface area contributed by atoms with Crippen LogP contribution in [-0.4, -0.2) is 11.4 Å². The Bertz CT molecular complexity index is 557. The van der Waals surface area contributed by atoms with Crippen molar-refractivity contribution in [1.29, 1.82) is 10.5 Å². The van der Waals surface area contributed by atoms with Gasteiger partial charge in [0.05, 0.1) is 17.7 Å². The van der Waals surface area contributed by atoms with E-state index in [2.05, 4.69) is 17.5 Å². The van der Waals surface area contributed by atoms with E-state index in [0.29, 0.717) is 18.4 Å². The number of benzene rings is 1. The van der Waals surface area contributed by atoms with Crippen LogP contribution in [0.25, 0.3) is 0 Å². The van der Waals surface area contributed by atoms with Crippen molar-refractivity contribution in [3.8, 4) is 12.1 Å². The minimum absolute atomic E-state index is 0.0715. The molecule has 4 nitrogen and oxygen atoms in total. The maximum absolute atomic E-state index is 11.9. The lowest BCUT2D eigenvalue weighted by Crippen LogP contribution is -2.45. The Morgan fingerprint density at radius 3 is 2.40 bits per heavy atom. The number of rotatable bonds is 4. The molecule has 1 saturated carbocycles. The molecule has 0 unspecified atom stereocenters. The van der Waals surface area contributed by atoms with Gasteiger partial charge in [0, 0.05) is 6.42 Å². The minimum Gasteiger partial charge on any atom is -0.338 e. The Morgan fingerprint density at radius 2 is 1.85 bits per heavy atom. The molecule has 1 fully saturated rings. The van der Waals surface area contributed by atoms with Crippen LogP contribution in [0.15, 0.2) is 24.3 Å². The first-order valence-corrected chi connectivity index (χ1v) is 6.89. The molecule has 0 aromatic heterocycles. The van der Waals surface area contributed by atoms with E-state index in [4.69, 9.17) is 5.26 Å². The zero-order valence-electron chi connectivity index (χ0n) is 11.4. The molecule has 2 rings (SSSR count). The molecule has 4 heteroatoms. The Morgan fingerprint density at radius 1 is 1.20 bits per heavy atom. The van der Waals surface area contributed by atoms with Crippen molar-refractivity contribution in [2.45, 2.75) is 44.1 Å². The van der Waals surface area contributed by atoms with Gasteiger partial charge in [-0.25, -0.2) is 0 Å². The van der Waals surface area contributed by atoms with Crippen LogP contribution in [0.1, 0.15) is 43.2 Å². The molecule has 0 saturated heterocycles. The van der Waals surface area contributed by atoms with Crippen molar-refractivity contribution in [3.63, 3.8) is 0 Å². The number of aryl methyl sites for hydroxylation is 1. The van der Waals surface area contributed by atoms with Crippen LogP contribution in [0.5, 0.6) is 0 Å². The molecule has 102 valence electrons. The topological polar surface area (TPSA) is 76.7 Å². The fraction of sp³-hybridized carbons (Fsp3) is 0.438. The van der Waals surface area contributed by atoms with E-state index >= 15 is 0 Å². The van der Waals surface area contributed by atoms with E-state index in [0.717, 1.165) is 31.2 Å².